The average Bonchev–Trinajstić information content (AvgIpc) is 2.42. The Kier molecular flexibility index (Phi) is 9.08. The SMILES string of the molecule is CC(C)(C(=O)N[C@@H]1CCNC[C@H]1O)N1CCOCC1.Cl.Cl. The Morgan fingerprint density at radius 1 is 1.33 bits per heavy atom. The predicted octanol–water partition coefficient (Wildman–Crippen LogP) is -0.220. The number of carbonyl (C=O) groups excluding carboxylic acids is 1. The van der Waals surface area contributed by atoms with E-state index >= 15 is 0 Å². The van der Waals surface area contributed by atoms with Crippen molar-refractivity contribution in [2.75, 3.05) is 39.4 Å². The molecule has 2 heterocycles. The summed E-state index contributed by atoms with van der Waals surface area (Å²) in [6.07, 6.45) is 0.268. The Balaban J connectivity index is 0.00000200. The second kappa shape index (κ2) is 9.12. The molecule has 0 saturated carbocycles. The van der Waals surface area contributed by atoms with Gasteiger partial charge in [-0.2, -0.15) is 0 Å². The minimum Gasteiger partial charge on any atom is -0.390 e. The van der Waals surface area contributed by atoms with Gasteiger partial charge in [0.1, 0.15) is 0 Å². The van der Waals surface area contributed by atoms with E-state index in [-0.39, 0.29) is 36.8 Å². The van der Waals surface area contributed by atoms with Crippen LogP contribution in [0.1, 0.15) is 20.3 Å². The van der Waals surface area contributed by atoms with Crippen molar-refractivity contribution >= 4 is 30.7 Å². The molecular weight excluding hydrogens is 317 g/mol. The highest BCUT2D eigenvalue weighted by molar-refractivity contribution is 5.86. The molecular formula is C13H27Cl2N3O3. The van der Waals surface area contributed by atoms with E-state index in [0.717, 1.165) is 26.1 Å². The quantitative estimate of drug-likeness (QED) is 0.660. The van der Waals surface area contributed by atoms with Gasteiger partial charge in [0, 0.05) is 19.6 Å². The smallest absolute Gasteiger partial charge is 0.240 e. The summed E-state index contributed by atoms with van der Waals surface area (Å²) in [6, 6.07) is -0.144. The van der Waals surface area contributed by atoms with Crippen LogP contribution in [-0.2, 0) is 9.53 Å². The number of β-amino-alcohol motifs (C(OH)–C–C–N with tert-alkyl or cyclic N) is 1. The largest absolute Gasteiger partial charge is 0.390 e. The molecule has 21 heavy (non-hydrogen) atoms. The number of morpholine rings is 1. The molecule has 0 aromatic rings. The first-order valence-corrected chi connectivity index (χ1v) is 7.04. The first kappa shape index (κ1) is 20.9. The third-order valence-corrected chi connectivity index (χ3v) is 4.12. The molecule has 0 radical (unpaired) electrons. The highest BCUT2D eigenvalue weighted by Gasteiger charge is 2.37. The van der Waals surface area contributed by atoms with Crippen molar-refractivity contribution in [1.29, 1.82) is 0 Å². The number of piperidine rings is 1. The summed E-state index contributed by atoms with van der Waals surface area (Å²) in [4.78, 5) is 14.6. The van der Waals surface area contributed by atoms with Gasteiger partial charge in [0.25, 0.3) is 0 Å². The van der Waals surface area contributed by atoms with Gasteiger partial charge in [-0.05, 0) is 26.8 Å². The lowest BCUT2D eigenvalue weighted by molar-refractivity contribution is -0.136. The summed E-state index contributed by atoms with van der Waals surface area (Å²) in [6.45, 7) is 8.13. The van der Waals surface area contributed by atoms with Crippen LogP contribution in [0, 0.1) is 0 Å². The van der Waals surface area contributed by atoms with Crippen molar-refractivity contribution in [2.24, 2.45) is 0 Å². The van der Waals surface area contributed by atoms with E-state index in [4.69, 9.17) is 4.74 Å². The second-order valence-electron chi connectivity index (χ2n) is 5.80. The van der Waals surface area contributed by atoms with Crippen molar-refractivity contribution in [3.63, 3.8) is 0 Å². The van der Waals surface area contributed by atoms with Crippen LogP contribution in [-0.4, -0.2) is 73.0 Å². The molecule has 0 bridgehead atoms. The topological polar surface area (TPSA) is 73.8 Å². The van der Waals surface area contributed by atoms with Gasteiger partial charge >= 0.3 is 0 Å². The highest BCUT2D eigenvalue weighted by Crippen LogP contribution is 2.17. The lowest BCUT2D eigenvalue weighted by Gasteiger charge is -2.41. The number of rotatable bonds is 3. The van der Waals surface area contributed by atoms with Crippen molar-refractivity contribution in [2.45, 2.75) is 38.0 Å². The van der Waals surface area contributed by atoms with Crippen LogP contribution in [0.2, 0.25) is 0 Å². The molecule has 8 heteroatoms. The van der Waals surface area contributed by atoms with E-state index in [9.17, 15) is 9.90 Å². The van der Waals surface area contributed by atoms with E-state index in [2.05, 4.69) is 15.5 Å². The summed E-state index contributed by atoms with van der Waals surface area (Å²) in [5, 5.41) is 16.0. The van der Waals surface area contributed by atoms with Gasteiger partial charge in [0.05, 0.1) is 30.9 Å². The van der Waals surface area contributed by atoms with Crippen molar-refractivity contribution in [3.8, 4) is 0 Å². The lowest BCUT2D eigenvalue weighted by Crippen LogP contribution is -2.62. The number of amides is 1. The Morgan fingerprint density at radius 2 is 1.95 bits per heavy atom. The number of nitrogens with one attached hydrogen (secondary N) is 2. The minimum absolute atomic E-state index is 0. The third-order valence-electron chi connectivity index (χ3n) is 4.12. The van der Waals surface area contributed by atoms with E-state index in [0.29, 0.717) is 19.8 Å². The summed E-state index contributed by atoms with van der Waals surface area (Å²) in [5.41, 5.74) is -0.561. The number of halogens is 2. The van der Waals surface area contributed by atoms with Gasteiger partial charge in [-0.15, -0.1) is 24.8 Å². The van der Waals surface area contributed by atoms with Gasteiger partial charge in [-0.1, -0.05) is 0 Å². The molecule has 1 amide bonds. The molecule has 2 aliphatic rings. The number of hydrogen-bond donors (Lipinski definition) is 3. The number of nitrogens with zero attached hydrogens (tertiary/aromatic N) is 1. The molecule has 6 nitrogen and oxygen atoms in total. The number of aliphatic hydroxyl groups is 1. The average molecular weight is 344 g/mol. The maximum atomic E-state index is 12.5. The molecule has 2 aliphatic heterocycles. The summed E-state index contributed by atoms with van der Waals surface area (Å²) in [5.74, 6) is -0.0136. The Hall–Kier alpha value is -0.110. The highest BCUT2D eigenvalue weighted by atomic mass is 35.5. The Bertz CT molecular complexity index is 326. The van der Waals surface area contributed by atoms with E-state index in [1.165, 1.54) is 0 Å². The minimum atomic E-state index is -0.561. The fraction of sp³-hybridized carbons (Fsp3) is 0.923. The zero-order valence-corrected chi connectivity index (χ0v) is 14.3. The second-order valence-corrected chi connectivity index (χ2v) is 5.80. The first-order chi connectivity index (χ1) is 9.01. The van der Waals surface area contributed by atoms with Crippen LogP contribution >= 0.6 is 24.8 Å². The fourth-order valence-electron chi connectivity index (χ4n) is 2.62. The van der Waals surface area contributed by atoms with E-state index in [1.807, 2.05) is 13.8 Å². The molecule has 2 rings (SSSR count). The molecule has 3 N–H and O–H groups in total. The first-order valence-electron chi connectivity index (χ1n) is 7.04. The maximum absolute atomic E-state index is 12.5. The standard InChI is InChI=1S/C13H25N3O3.2ClH/c1-13(2,16-5-7-19-8-6-16)12(18)15-10-3-4-14-9-11(10)17;;/h10-11,14,17H,3-9H2,1-2H3,(H,15,18);2*1H/t10-,11-;;/m1../s1. The van der Waals surface area contributed by atoms with E-state index in [1.54, 1.807) is 0 Å². The van der Waals surface area contributed by atoms with Crippen LogP contribution < -0.4 is 10.6 Å². The summed E-state index contributed by atoms with van der Waals surface area (Å²) in [7, 11) is 0. The zero-order chi connectivity index (χ0) is 13.9. The predicted molar refractivity (Wildman–Crippen MR) is 86.4 cm³/mol. The van der Waals surface area contributed by atoms with E-state index < -0.39 is 11.6 Å². The Labute approximate surface area is 138 Å². The number of hydrogen-bond acceptors (Lipinski definition) is 5. The molecule has 0 aliphatic carbocycles. The van der Waals surface area contributed by atoms with Gasteiger partial charge in [0.15, 0.2) is 0 Å². The van der Waals surface area contributed by atoms with Crippen molar-refractivity contribution in [3.05, 3.63) is 0 Å². The van der Waals surface area contributed by atoms with Crippen LogP contribution in [0.25, 0.3) is 0 Å². The molecule has 2 fully saturated rings. The molecule has 2 atom stereocenters. The maximum Gasteiger partial charge on any atom is 0.240 e. The van der Waals surface area contributed by atoms with Gasteiger partial charge in [-0.25, -0.2) is 0 Å². The summed E-state index contributed by atoms with van der Waals surface area (Å²) >= 11 is 0. The van der Waals surface area contributed by atoms with Crippen LogP contribution in [0.5, 0.6) is 0 Å². The Morgan fingerprint density at radius 3 is 2.52 bits per heavy atom. The van der Waals surface area contributed by atoms with Gasteiger partial charge in [0.2, 0.25) is 5.91 Å². The molecule has 0 unspecified atom stereocenters. The number of carbonyl (C=O) groups is 1. The normalized spacial score (nSPS) is 27.2. The third kappa shape index (κ3) is 5.23. The molecule has 0 aromatic heterocycles. The van der Waals surface area contributed by atoms with Gasteiger partial charge < -0.3 is 20.5 Å². The lowest BCUT2D eigenvalue weighted by atomic mass is 9.97. The molecule has 2 saturated heterocycles. The molecule has 126 valence electrons. The fourth-order valence-corrected chi connectivity index (χ4v) is 2.62. The van der Waals surface area contributed by atoms with Crippen LogP contribution in [0.4, 0.5) is 0 Å². The van der Waals surface area contributed by atoms with Gasteiger partial charge in [-0.3, -0.25) is 9.69 Å². The summed E-state index contributed by atoms with van der Waals surface area (Å²) < 4.78 is 5.32. The van der Waals surface area contributed by atoms with Crippen LogP contribution in [0.3, 0.4) is 0 Å². The molecule has 0 spiro atoms. The number of ether oxygens (including phenoxy) is 1. The molecule has 0 aromatic carbocycles. The van der Waals surface area contributed by atoms with Crippen molar-refractivity contribution < 1.29 is 14.6 Å². The zero-order valence-electron chi connectivity index (χ0n) is 12.6. The van der Waals surface area contributed by atoms with Crippen LogP contribution in [0.15, 0.2) is 0 Å². The van der Waals surface area contributed by atoms with Crippen molar-refractivity contribution in [1.82, 2.24) is 15.5 Å². The number of aliphatic hydroxyl groups excluding tert-OH is 1. The monoisotopic (exact) mass is 343 g/mol.